The van der Waals surface area contributed by atoms with Gasteiger partial charge in [0.15, 0.2) is 5.78 Å². The Kier molecular flexibility index (Phi) is 4.56. The zero-order chi connectivity index (χ0) is 13.7. The van der Waals surface area contributed by atoms with Gasteiger partial charge in [-0.2, -0.15) is 0 Å². The van der Waals surface area contributed by atoms with Gasteiger partial charge in [0.25, 0.3) is 11.8 Å². The van der Waals surface area contributed by atoms with E-state index in [-0.39, 0.29) is 18.9 Å². The molecule has 0 aliphatic carbocycles. The van der Waals surface area contributed by atoms with E-state index in [1.807, 2.05) is 0 Å². The van der Waals surface area contributed by atoms with Gasteiger partial charge in [-0.1, -0.05) is 19.7 Å². The Hall–Kier alpha value is -2.21. The summed E-state index contributed by atoms with van der Waals surface area (Å²) in [4.78, 5) is 34.7. The van der Waals surface area contributed by atoms with Gasteiger partial charge in [0.2, 0.25) is 0 Å². The number of allylic oxidation sites excluding steroid dienone is 1. The van der Waals surface area contributed by atoms with Crippen LogP contribution in [0.2, 0.25) is 0 Å². The van der Waals surface area contributed by atoms with E-state index < -0.39 is 17.7 Å². The molecule has 0 aromatic carbocycles. The van der Waals surface area contributed by atoms with Crippen molar-refractivity contribution in [3.05, 3.63) is 38.0 Å². The van der Waals surface area contributed by atoms with Crippen molar-refractivity contribution >= 4 is 17.6 Å². The van der Waals surface area contributed by atoms with Crippen LogP contribution in [0.5, 0.6) is 0 Å². The van der Waals surface area contributed by atoms with Crippen LogP contribution in [0.3, 0.4) is 0 Å². The van der Waals surface area contributed by atoms with E-state index in [0.717, 1.165) is 22.2 Å². The van der Waals surface area contributed by atoms with Crippen LogP contribution in [-0.4, -0.2) is 40.7 Å². The van der Waals surface area contributed by atoms with E-state index in [9.17, 15) is 14.4 Å². The molecule has 0 aromatic rings. The van der Waals surface area contributed by atoms with Crippen LogP contribution >= 0.6 is 0 Å². The SMILES string of the molecule is C=CC(=O)C1CN(C(=O)C=C)NN(C(=O)C=C)C1. The van der Waals surface area contributed by atoms with E-state index in [0.29, 0.717) is 0 Å². The first kappa shape index (κ1) is 13.9. The smallest absolute Gasteiger partial charge is 0.261 e. The van der Waals surface area contributed by atoms with Crippen LogP contribution in [0.15, 0.2) is 38.0 Å². The molecule has 0 radical (unpaired) electrons. The van der Waals surface area contributed by atoms with Crippen molar-refractivity contribution in [1.29, 1.82) is 0 Å². The third-order valence-electron chi connectivity index (χ3n) is 2.53. The van der Waals surface area contributed by atoms with Crippen molar-refractivity contribution < 1.29 is 14.4 Å². The summed E-state index contributed by atoms with van der Waals surface area (Å²) in [5, 5.41) is 2.31. The molecule has 0 unspecified atom stereocenters. The number of amides is 2. The Morgan fingerprint density at radius 1 is 0.944 bits per heavy atom. The van der Waals surface area contributed by atoms with Gasteiger partial charge in [0, 0.05) is 0 Å². The first-order valence-electron chi connectivity index (χ1n) is 5.34. The zero-order valence-electron chi connectivity index (χ0n) is 9.96. The highest BCUT2D eigenvalue weighted by atomic mass is 16.2. The van der Waals surface area contributed by atoms with E-state index >= 15 is 0 Å². The van der Waals surface area contributed by atoms with Crippen molar-refractivity contribution in [2.24, 2.45) is 5.92 Å². The third-order valence-corrected chi connectivity index (χ3v) is 2.53. The highest BCUT2D eigenvalue weighted by molar-refractivity contribution is 5.94. The normalized spacial score (nSPS) is 16.0. The van der Waals surface area contributed by atoms with Crippen LogP contribution in [0, 0.1) is 5.92 Å². The van der Waals surface area contributed by atoms with Gasteiger partial charge in [-0.3, -0.25) is 24.4 Å². The van der Waals surface area contributed by atoms with E-state index in [1.165, 1.54) is 6.08 Å². The lowest BCUT2D eigenvalue weighted by molar-refractivity contribution is -0.153. The van der Waals surface area contributed by atoms with E-state index in [1.54, 1.807) is 0 Å². The van der Waals surface area contributed by atoms with Gasteiger partial charge < -0.3 is 0 Å². The molecule has 0 bridgehead atoms. The molecule has 6 nitrogen and oxygen atoms in total. The number of hydrogen-bond donors (Lipinski definition) is 1. The summed E-state index contributed by atoms with van der Waals surface area (Å²) in [7, 11) is 0. The Balaban J connectivity index is 2.91. The summed E-state index contributed by atoms with van der Waals surface area (Å²) >= 11 is 0. The summed E-state index contributed by atoms with van der Waals surface area (Å²) in [5.41, 5.74) is 2.60. The third kappa shape index (κ3) is 2.92. The maximum absolute atomic E-state index is 11.6. The number of nitrogens with zero attached hydrogens (tertiary/aromatic N) is 2. The maximum Gasteiger partial charge on any atom is 0.261 e. The van der Waals surface area contributed by atoms with Gasteiger partial charge in [0.1, 0.15) is 0 Å². The highest BCUT2D eigenvalue weighted by Crippen LogP contribution is 2.11. The number of nitrogens with one attached hydrogen (secondary N) is 1. The van der Waals surface area contributed by atoms with Crippen LogP contribution < -0.4 is 5.53 Å². The van der Waals surface area contributed by atoms with Gasteiger partial charge >= 0.3 is 0 Å². The number of ketones is 1. The summed E-state index contributed by atoms with van der Waals surface area (Å²) in [6, 6.07) is 0. The van der Waals surface area contributed by atoms with E-state index in [4.69, 9.17) is 0 Å². The van der Waals surface area contributed by atoms with Crippen molar-refractivity contribution in [2.75, 3.05) is 13.1 Å². The lowest BCUT2D eigenvalue weighted by atomic mass is 10.0. The summed E-state index contributed by atoms with van der Waals surface area (Å²) in [6.07, 6.45) is 3.39. The molecule has 2 amide bonds. The number of rotatable bonds is 4. The molecule has 18 heavy (non-hydrogen) atoms. The molecule has 96 valence electrons. The largest absolute Gasteiger partial charge is 0.294 e. The van der Waals surface area contributed by atoms with Gasteiger partial charge in [-0.25, -0.2) is 0 Å². The molecule has 1 aliphatic rings. The summed E-state index contributed by atoms with van der Waals surface area (Å²) < 4.78 is 0. The second kappa shape index (κ2) is 5.92. The standard InChI is InChI=1S/C12H15N3O3/c1-4-10(16)9-7-14(11(17)5-2)13-15(8-9)12(18)6-3/h4-6,9,13H,1-3,7-8H2. The molecule has 0 saturated carbocycles. The van der Waals surface area contributed by atoms with Gasteiger partial charge in [0.05, 0.1) is 19.0 Å². The predicted molar refractivity (Wildman–Crippen MR) is 65.6 cm³/mol. The molecular formula is C12H15N3O3. The molecule has 1 saturated heterocycles. The predicted octanol–water partition coefficient (Wildman–Crippen LogP) is -0.180. The van der Waals surface area contributed by atoms with E-state index in [2.05, 4.69) is 25.3 Å². The molecule has 1 rings (SSSR count). The number of hydrazine groups is 2. The molecule has 0 atom stereocenters. The minimum Gasteiger partial charge on any atom is -0.294 e. The van der Waals surface area contributed by atoms with Crippen LogP contribution in [0.4, 0.5) is 0 Å². The Labute approximate surface area is 105 Å². The quantitative estimate of drug-likeness (QED) is 0.702. The maximum atomic E-state index is 11.6. The monoisotopic (exact) mass is 249 g/mol. The molecule has 1 N–H and O–H groups in total. The average molecular weight is 249 g/mol. The highest BCUT2D eigenvalue weighted by Gasteiger charge is 2.32. The van der Waals surface area contributed by atoms with Crippen LogP contribution in [0.25, 0.3) is 0 Å². The molecule has 1 fully saturated rings. The number of carbonyl (C=O) groups excluding carboxylic acids is 3. The minimum atomic E-state index is -0.503. The van der Waals surface area contributed by atoms with Crippen LogP contribution in [0.1, 0.15) is 0 Å². The van der Waals surface area contributed by atoms with Crippen molar-refractivity contribution in [1.82, 2.24) is 15.6 Å². The number of carbonyl (C=O) groups is 3. The topological polar surface area (TPSA) is 69.7 Å². The fraction of sp³-hybridized carbons (Fsp3) is 0.250. The fourth-order valence-corrected chi connectivity index (χ4v) is 1.57. The lowest BCUT2D eigenvalue weighted by Crippen LogP contribution is -2.62. The summed E-state index contributed by atoms with van der Waals surface area (Å²) in [6.45, 7) is 10.4. The second-order valence-corrected chi connectivity index (χ2v) is 3.71. The Bertz CT molecular complexity index is 349. The summed E-state index contributed by atoms with van der Waals surface area (Å²) in [5.74, 6) is -1.56. The van der Waals surface area contributed by atoms with Crippen LogP contribution in [-0.2, 0) is 14.4 Å². The Morgan fingerprint density at radius 3 is 1.72 bits per heavy atom. The van der Waals surface area contributed by atoms with Crippen molar-refractivity contribution in [3.63, 3.8) is 0 Å². The number of hydrogen-bond acceptors (Lipinski definition) is 4. The Morgan fingerprint density at radius 2 is 1.39 bits per heavy atom. The molecule has 6 heteroatoms. The van der Waals surface area contributed by atoms with Crippen molar-refractivity contribution in [3.8, 4) is 0 Å². The van der Waals surface area contributed by atoms with Gasteiger partial charge in [-0.05, 0) is 18.2 Å². The average Bonchev–Trinajstić information content (AvgIpc) is 2.43. The zero-order valence-corrected chi connectivity index (χ0v) is 9.96. The molecule has 0 aromatic heterocycles. The molecular weight excluding hydrogens is 234 g/mol. The molecule has 1 heterocycles. The lowest BCUT2D eigenvalue weighted by Gasteiger charge is -2.38. The van der Waals surface area contributed by atoms with Crippen molar-refractivity contribution in [2.45, 2.75) is 0 Å². The molecule has 1 aliphatic heterocycles. The molecule has 0 spiro atoms. The first-order chi connectivity index (χ1) is 8.53. The minimum absolute atomic E-state index is 0.163. The fourth-order valence-electron chi connectivity index (χ4n) is 1.57. The second-order valence-electron chi connectivity index (χ2n) is 3.71. The first-order valence-corrected chi connectivity index (χ1v) is 5.34. The van der Waals surface area contributed by atoms with Gasteiger partial charge in [-0.15, -0.1) is 5.53 Å².